The highest BCUT2D eigenvalue weighted by Crippen LogP contribution is 2.17. The maximum absolute atomic E-state index is 12.4. The minimum Gasteiger partial charge on any atom is -0.346 e. The fourth-order valence-corrected chi connectivity index (χ4v) is 3.47. The molecule has 4 N–H and O–H groups in total. The number of hydrogen-bond donors (Lipinski definition) is 3. The van der Waals surface area contributed by atoms with Gasteiger partial charge in [0.2, 0.25) is 10.0 Å². The highest BCUT2D eigenvalue weighted by molar-refractivity contribution is 7.89. The molecule has 1 aromatic carbocycles. The number of nitrogens with one attached hydrogen (secondary N) is 2. The van der Waals surface area contributed by atoms with E-state index in [4.69, 9.17) is 5.73 Å². The molecule has 0 aliphatic heterocycles. The highest BCUT2D eigenvalue weighted by Gasteiger charge is 2.26. The second-order valence-corrected chi connectivity index (χ2v) is 8.25. The largest absolute Gasteiger partial charge is 0.346 e. The number of carbonyl (C=O) groups is 1. The molecule has 1 atom stereocenters. The third kappa shape index (κ3) is 7.15. The van der Waals surface area contributed by atoms with E-state index in [-0.39, 0.29) is 29.8 Å². The molecule has 0 radical (unpaired) electrons. The van der Waals surface area contributed by atoms with Crippen molar-refractivity contribution in [3.05, 3.63) is 42.5 Å². The molecule has 1 unspecified atom stereocenters. The van der Waals surface area contributed by atoms with Crippen molar-refractivity contribution in [2.24, 2.45) is 11.7 Å². The summed E-state index contributed by atoms with van der Waals surface area (Å²) in [6.45, 7) is 9.98. The average Bonchev–Trinajstić information content (AvgIpc) is 2.52. The van der Waals surface area contributed by atoms with E-state index < -0.39 is 15.6 Å². The van der Waals surface area contributed by atoms with Gasteiger partial charge in [0.05, 0.1) is 4.90 Å². The molecule has 0 heterocycles. The molecule has 6 nitrogen and oxygen atoms in total. The van der Waals surface area contributed by atoms with Gasteiger partial charge in [-0.3, -0.25) is 4.79 Å². The standard InChI is InChI=1S/C17H27N3O3S.ClH/c1-5-10-19-24(22,23)15-8-6-14(7-9-15)16(21)20-17(4,12-18)11-13(2)3;/h5-9,13,19H,1,10-12,18H2,2-4H3,(H,20,21);1H. The Hall–Kier alpha value is -1.41. The zero-order valence-electron chi connectivity index (χ0n) is 14.9. The number of benzene rings is 1. The minimum atomic E-state index is -3.59. The Morgan fingerprint density at radius 2 is 1.88 bits per heavy atom. The van der Waals surface area contributed by atoms with Crippen LogP contribution in [0, 0.1) is 5.92 Å². The molecule has 1 rings (SSSR count). The van der Waals surface area contributed by atoms with Gasteiger partial charge in [-0.2, -0.15) is 0 Å². The first-order valence-corrected chi connectivity index (χ1v) is 9.35. The predicted octanol–water partition coefficient (Wildman–Crippen LogP) is 2.07. The van der Waals surface area contributed by atoms with Gasteiger partial charge in [0.25, 0.3) is 5.91 Å². The highest BCUT2D eigenvalue weighted by atomic mass is 35.5. The van der Waals surface area contributed by atoms with Crippen molar-refractivity contribution in [1.82, 2.24) is 10.0 Å². The van der Waals surface area contributed by atoms with Crippen LogP contribution in [-0.2, 0) is 10.0 Å². The van der Waals surface area contributed by atoms with Crippen LogP contribution in [0.2, 0.25) is 0 Å². The molecule has 0 aliphatic rings. The van der Waals surface area contributed by atoms with E-state index in [1.165, 1.54) is 30.3 Å². The molecule has 1 aromatic rings. The fourth-order valence-electron chi connectivity index (χ4n) is 2.47. The second kappa shape index (κ2) is 9.91. The molecule has 0 aliphatic carbocycles. The van der Waals surface area contributed by atoms with Crippen molar-refractivity contribution >= 4 is 28.3 Å². The van der Waals surface area contributed by atoms with Crippen LogP contribution in [0.15, 0.2) is 41.8 Å². The smallest absolute Gasteiger partial charge is 0.251 e. The summed E-state index contributed by atoms with van der Waals surface area (Å²) in [4.78, 5) is 12.5. The van der Waals surface area contributed by atoms with Crippen molar-refractivity contribution in [3.63, 3.8) is 0 Å². The Morgan fingerprint density at radius 3 is 2.32 bits per heavy atom. The quantitative estimate of drug-likeness (QED) is 0.562. The van der Waals surface area contributed by atoms with Crippen LogP contribution in [0.5, 0.6) is 0 Å². The summed E-state index contributed by atoms with van der Waals surface area (Å²) < 4.78 is 26.4. The number of hydrogen-bond acceptors (Lipinski definition) is 4. The molecule has 0 saturated heterocycles. The van der Waals surface area contributed by atoms with Crippen molar-refractivity contribution < 1.29 is 13.2 Å². The van der Waals surface area contributed by atoms with Crippen LogP contribution in [0.25, 0.3) is 0 Å². The first-order valence-electron chi connectivity index (χ1n) is 7.87. The van der Waals surface area contributed by atoms with E-state index in [1.54, 1.807) is 0 Å². The second-order valence-electron chi connectivity index (χ2n) is 6.48. The van der Waals surface area contributed by atoms with Gasteiger partial charge in [-0.05, 0) is 43.5 Å². The predicted molar refractivity (Wildman–Crippen MR) is 103 cm³/mol. The molecular weight excluding hydrogens is 362 g/mol. The molecule has 8 heteroatoms. The number of halogens is 1. The molecule has 142 valence electrons. The average molecular weight is 390 g/mol. The summed E-state index contributed by atoms with van der Waals surface area (Å²) in [7, 11) is -3.59. The third-order valence-electron chi connectivity index (χ3n) is 3.57. The maximum atomic E-state index is 12.4. The molecule has 0 saturated carbocycles. The molecule has 1 amide bonds. The summed E-state index contributed by atoms with van der Waals surface area (Å²) in [6, 6.07) is 5.79. The van der Waals surface area contributed by atoms with Gasteiger partial charge in [0.1, 0.15) is 0 Å². The number of sulfonamides is 1. The molecule has 25 heavy (non-hydrogen) atoms. The van der Waals surface area contributed by atoms with Crippen molar-refractivity contribution in [1.29, 1.82) is 0 Å². The van der Waals surface area contributed by atoms with Crippen LogP contribution in [0.1, 0.15) is 37.6 Å². The van der Waals surface area contributed by atoms with Gasteiger partial charge < -0.3 is 11.1 Å². The summed E-state index contributed by atoms with van der Waals surface area (Å²) in [5.41, 5.74) is 5.69. The van der Waals surface area contributed by atoms with E-state index in [1.807, 2.05) is 6.92 Å². The van der Waals surface area contributed by atoms with E-state index in [0.717, 1.165) is 6.42 Å². The maximum Gasteiger partial charge on any atom is 0.251 e. The van der Waals surface area contributed by atoms with Crippen LogP contribution >= 0.6 is 12.4 Å². The van der Waals surface area contributed by atoms with E-state index in [2.05, 4.69) is 30.5 Å². The summed E-state index contributed by atoms with van der Waals surface area (Å²) in [5, 5.41) is 2.94. The van der Waals surface area contributed by atoms with Crippen molar-refractivity contribution in [2.75, 3.05) is 13.1 Å². The Morgan fingerprint density at radius 1 is 1.32 bits per heavy atom. The molecule has 0 spiro atoms. The SMILES string of the molecule is C=CCNS(=O)(=O)c1ccc(C(=O)NC(C)(CN)CC(C)C)cc1.Cl. The Balaban J connectivity index is 0.00000576. The Labute approximate surface area is 156 Å². The topological polar surface area (TPSA) is 101 Å². The van der Waals surface area contributed by atoms with Crippen LogP contribution in [-0.4, -0.2) is 33.0 Å². The summed E-state index contributed by atoms with van der Waals surface area (Å²) in [5.74, 6) is 0.119. The van der Waals surface area contributed by atoms with Crippen molar-refractivity contribution in [2.45, 2.75) is 37.6 Å². The summed E-state index contributed by atoms with van der Waals surface area (Å²) in [6.07, 6.45) is 2.22. The zero-order chi connectivity index (χ0) is 18.4. The van der Waals surface area contributed by atoms with Crippen LogP contribution < -0.4 is 15.8 Å². The Kier molecular flexibility index (Phi) is 9.35. The number of rotatable bonds is 9. The van der Waals surface area contributed by atoms with Gasteiger partial charge in [0, 0.05) is 24.2 Å². The van der Waals surface area contributed by atoms with Crippen molar-refractivity contribution in [3.8, 4) is 0 Å². The van der Waals surface area contributed by atoms with Gasteiger partial charge >= 0.3 is 0 Å². The molecule has 0 fully saturated rings. The number of amides is 1. The Bertz CT molecular complexity index is 675. The van der Waals surface area contributed by atoms with Gasteiger partial charge in [-0.1, -0.05) is 19.9 Å². The monoisotopic (exact) mass is 389 g/mol. The van der Waals surface area contributed by atoms with Gasteiger partial charge in [-0.15, -0.1) is 19.0 Å². The first-order chi connectivity index (χ1) is 11.1. The molecule has 0 bridgehead atoms. The summed E-state index contributed by atoms with van der Waals surface area (Å²) >= 11 is 0. The first kappa shape index (κ1) is 23.6. The zero-order valence-corrected chi connectivity index (χ0v) is 16.5. The van der Waals surface area contributed by atoms with Crippen LogP contribution in [0.4, 0.5) is 0 Å². The van der Waals surface area contributed by atoms with E-state index in [9.17, 15) is 13.2 Å². The number of carbonyl (C=O) groups excluding carboxylic acids is 1. The van der Waals surface area contributed by atoms with Gasteiger partial charge in [-0.25, -0.2) is 13.1 Å². The lowest BCUT2D eigenvalue weighted by molar-refractivity contribution is 0.0898. The van der Waals surface area contributed by atoms with Gasteiger partial charge in [0.15, 0.2) is 0 Å². The number of nitrogens with two attached hydrogens (primary N) is 1. The van der Waals surface area contributed by atoms with Crippen LogP contribution in [0.3, 0.4) is 0 Å². The van der Waals surface area contributed by atoms with E-state index in [0.29, 0.717) is 18.0 Å². The molecule has 0 aromatic heterocycles. The lowest BCUT2D eigenvalue weighted by atomic mass is 9.90. The third-order valence-corrected chi connectivity index (χ3v) is 5.01. The molecular formula is C17H28ClN3O3S. The van der Waals surface area contributed by atoms with E-state index >= 15 is 0 Å². The normalized spacial score (nSPS) is 13.6. The lowest BCUT2D eigenvalue weighted by Gasteiger charge is -2.31. The minimum absolute atomic E-state index is 0. The lowest BCUT2D eigenvalue weighted by Crippen LogP contribution is -2.52. The fraction of sp³-hybridized carbons (Fsp3) is 0.471.